The molecule has 0 amide bonds. The summed E-state index contributed by atoms with van der Waals surface area (Å²) in [4.78, 5) is 22.9. The van der Waals surface area contributed by atoms with Crippen molar-refractivity contribution in [3.8, 4) is 5.75 Å². The maximum atomic E-state index is 11.5. The van der Waals surface area contributed by atoms with Crippen molar-refractivity contribution in [3.63, 3.8) is 0 Å². The van der Waals surface area contributed by atoms with Crippen LogP contribution in [0.5, 0.6) is 5.75 Å². The standard InChI is InChI=1S/C15H18O4/c1-15(2,3)14(17)19-13(16)10-7-11-5-8-12(18-4)9-6-11/h5-10H,1-4H3/b10-7+. The fourth-order valence-corrected chi connectivity index (χ4v) is 1.16. The highest BCUT2D eigenvalue weighted by atomic mass is 16.6. The van der Waals surface area contributed by atoms with Crippen LogP contribution in [0.4, 0.5) is 0 Å². The SMILES string of the molecule is COc1ccc(/C=C/C(=O)OC(=O)C(C)(C)C)cc1. The van der Waals surface area contributed by atoms with Gasteiger partial charge >= 0.3 is 11.9 Å². The molecule has 0 aliphatic carbocycles. The molecular formula is C15H18O4. The van der Waals surface area contributed by atoms with E-state index in [-0.39, 0.29) is 0 Å². The van der Waals surface area contributed by atoms with Crippen molar-refractivity contribution < 1.29 is 19.1 Å². The quantitative estimate of drug-likeness (QED) is 0.477. The Morgan fingerprint density at radius 2 is 1.68 bits per heavy atom. The van der Waals surface area contributed by atoms with Gasteiger partial charge in [-0.15, -0.1) is 0 Å². The second-order valence-corrected chi connectivity index (χ2v) is 5.07. The van der Waals surface area contributed by atoms with Crippen molar-refractivity contribution in [1.82, 2.24) is 0 Å². The smallest absolute Gasteiger partial charge is 0.338 e. The summed E-state index contributed by atoms with van der Waals surface area (Å²) in [6, 6.07) is 7.17. The molecule has 4 nitrogen and oxygen atoms in total. The largest absolute Gasteiger partial charge is 0.497 e. The van der Waals surface area contributed by atoms with E-state index in [1.807, 2.05) is 0 Å². The molecular weight excluding hydrogens is 244 g/mol. The molecule has 0 aliphatic heterocycles. The average Bonchev–Trinajstić information content (AvgIpc) is 2.35. The molecule has 1 aromatic carbocycles. The van der Waals surface area contributed by atoms with Crippen molar-refractivity contribution in [1.29, 1.82) is 0 Å². The van der Waals surface area contributed by atoms with E-state index in [0.717, 1.165) is 11.3 Å². The lowest BCUT2D eigenvalue weighted by Gasteiger charge is -2.14. The molecule has 0 saturated heterocycles. The Bertz CT molecular complexity index is 478. The zero-order valence-electron chi connectivity index (χ0n) is 11.6. The van der Waals surface area contributed by atoms with Crippen LogP contribution in [-0.2, 0) is 14.3 Å². The summed E-state index contributed by atoms with van der Waals surface area (Å²) in [5.74, 6) is -0.477. The fraction of sp³-hybridized carbons (Fsp3) is 0.333. The molecule has 19 heavy (non-hydrogen) atoms. The Balaban J connectivity index is 2.61. The number of hydrogen-bond donors (Lipinski definition) is 0. The molecule has 0 aliphatic rings. The summed E-state index contributed by atoms with van der Waals surface area (Å²) in [6.07, 6.45) is 2.81. The highest BCUT2D eigenvalue weighted by Gasteiger charge is 2.24. The molecule has 4 heteroatoms. The minimum atomic E-state index is -0.691. The molecule has 1 rings (SSSR count). The maximum absolute atomic E-state index is 11.5. The zero-order valence-corrected chi connectivity index (χ0v) is 11.6. The fourth-order valence-electron chi connectivity index (χ4n) is 1.16. The highest BCUT2D eigenvalue weighted by Crippen LogP contribution is 2.16. The van der Waals surface area contributed by atoms with Gasteiger partial charge in [0.2, 0.25) is 0 Å². The zero-order chi connectivity index (χ0) is 14.5. The van der Waals surface area contributed by atoms with Crippen LogP contribution in [0, 0.1) is 5.41 Å². The van der Waals surface area contributed by atoms with E-state index >= 15 is 0 Å². The second kappa shape index (κ2) is 6.18. The Kier molecular flexibility index (Phi) is 4.87. The number of carbonyl (C=O) groups is 2. The first-order valence-electron chi connectivity index (χ1n) is 5.91. The van der Waals surface area contributed by atoms with Gasteiger partial charge in [0, 0.05) is 6.08 Å². The summed E-state index contributed by atoms with van der Waals surface area (Å²) in [5.41, 5.74) is 0.129. The van der Waals surface area contributed by atoms with Gasteiger partial charge < -0.3 is 9.47 Å². The molecule has 0 spiro atoms. The third-order valence-electron chi connectivity index (χ3n) is 2.33. The van der Waals surface area contributed by atoms with Crippen molar-refractivity contribution in [2.75, 3.05) is 7.11 Å². The number of rotatable bonds is 3. The highest BCUT2D eigenvalue weighted by molar-refractivity contribution is 5.96. The van der Waals surface area contributed by atoms with Gasteiger partial charge in [-0.05, 0) is 44.5 Å². The van der Waals surface area contributed by atoms with Gasteiger partial charge in [0.15, 0.2) is 0 Å². The Morgan fingerprint density at radius 1 is 1.11 bits per heavy atom. The topological polar surface area (TPSA) is 52.6 Å². The van der Waals surface area contributed by atoms with Crippen molar-refractivity contribution in [3.05, 3.63) is 35.9 Å². The summed E-state index contributed by atoms with van der Waals surface area (Å²) in [6.45, 7) is 5.07. The van der Waals surface area contributed by atoms with E-state index in [0.29, 0.717) is 0 Å². The predicted octanol–water partition coefficient (Wildman–Crippen LogP) is 2.82. The number of carbonyl (C=O) groups excluding carboxylic acids is 2. The van der Waals surface area contributed by atoms with Gasteiger partial charge in [0.25, 0.3) is 0 Å². The Morgan fingerprint density at radius 3 is 2.16 bits per heavy atom. The minimum Gasteiger partial charge on any atom is -0.497 e. The van der Waals surface area contributed by atoms with E-state index in [2.05, 4.69) is 0 Å². The van der Waals surface area contributed by atoms with E-state index < -0.39 is 17.4 Å². The van der Waals surface area contributed by atoms with Gasteiger partial charge in [-0.2, -0.15) is 0 Å². The van der Waals surface area contributed by atoms with Crippen LogP contribution in [-0.4, -0.2) is 19.0 Å². The number of esters is 2. The van der Waals surface area contributed by atoms with Crippen molar-refractivity contribution in [2.45, 2.75) is 20.8 Å². The van der Waals surface area contributed by atoms with Gasteiger partial charge in [-0.1, -0.05) is 12.1 Å². The summed E-state index contributed by atoms with van der Waals surface area (Å²) >= 11 is 0. The second-order valence-electron chi connectivity index (χ2n) is 5.07. The number of ether oxygens (including phenoxy) is 2. The van der Waals surface area contributed by atoms with Gasteiger partial charge in [-0.25, -0.2) is 4.79 Å². The van der Waals surface area contributed by atoms with Crippen LogP contribution in [0.15, 0.2) is 30.3 Å². The molecule has 0 N–H and O–H groups in total. The lowest BCUT2D eigenvalue weighted by Crippen LogP contribution is -2.25. The Hall–Kier alpha value is -2.10. The van der Waals surface area contributed by atoms with Crippen LogP contribution in [0.25, 0.3) is 6.08 Å². The van der Waals surface area contributed by atoms with E-state index in [1.165, 1.54) is 6.08 Å². The van der Waals surface area contributed by atoms with Crippen LogP contribution in [0.3, 0.4) is 0 Å². The van der Waals surface area contributed by atoms with E-state index in [4.69, 9.17) is 9.47 Å². The summed E-state index contributed by atoms with van der Waals surface area (Å²) in [7, 11) is 1.58. The molecule has 102 valence electrons. The van der Waals surface area contributed by atoms with Crippen LogP contribution < -0.4 is 4.74 Å². The molecule has 0 radical (unpaired) electrons. The van der Waals surface area contributed by atoms with E-state index in [9.17, 15) is 9.59 Å². The third-order valence-corrected chi connectivity index (χ3v) is 2.33. The lowest BCUT2D eigenvalue weighted by molar-refractivity contribution is -0.162. The molecule has 0 atom stereocenters. The normalized spacial score (nSPS) is 11.4. The van der Waals surface area contributed by atoms with Crippen molar-refractivity contribution in [2.24, 2.45) is 5.41 Å². The predicted molar refractivity (Wildman–Crippen MR) is 72.6 cm³/mol. The molecule has 1 aromatic rings. The molecule has 0 unspecified atom stereocenters. The summed E-state index contributed by atoms with van der Waals surface area (Å²) in [5, 5.41) is 0. The van der Waals surface area contributed by atoms with Crippen LogP contribution >= 0.6 is 0 Å². The first kappa shape index (κ1) is 15.0. The van der Waals surface area contributed by atoms with Crippen LogP contribution in [0.2, 0.25) is 0 Å². The summed E-state index contributed by atoms with van der Waals surface area (Å²) < 4.78 is 9.72. The molecule has 0 saturated carbocycles. The third kappa shape index (κ3) is 4.95. The van der Waals surface area contributed by atoms with Crippen LogP contribution in [0.1, 0.15) is 26.3 Å². The first-order valence-corrected chi connectivity index (χ1v) is 5.91. The maximum Gasteiger partial charge on any atom is 0.338 e. The van der Waals surface area contributed by atoms with Gasteiger partial charge in [-0.3, -0.25) is 4.79 Å². The monoisotopic (exact) mass is 262 g/mol. The lowest BCUT2D eigenvalue weighted by atomic mass is 9.97. The van der Waals surface area contributed by atoms with E-state index in [1.54, 1.807) is 58.2 Å². The number of methoxy groups -OCH3 is 1. The first-order chi connectivity index (χ1) is 8.82. The number of hydrogen-bond acceptors (Lipinski definition) is 4. The minimum absolute atomic E-state index is 0.545. The van der Waals surface area contributed by atoms with Gasteiger partial charge in [0.1, 0.15) is 5.75 Å². The molecule has 0 aromatic heterocycles. The van der Waals surface area contributed by atoms with Crippen molar-refractivity contribution >= 4 is 18.0 Å². The van der Waals surface area contributed by atoms with Gasteiger partial charge in [0.05, 0.1) is 12.5 Å². The average molecular weight is 262 g/mol. The molecule has 0 heterocycles. The Labute approximate surface area is 113 Å². The number of benzene rings is 1. The molecule has 0 bridgehead atoms. The molecule has 0 fully saturated rings.